The van der Waals surface area contributed by atoms with Crippen LogP contribution in [0, 0.1) is 6.92 Å². The zero-order chi connectivity index (χ0) is 32.7. The fourth-order valence-corrected chi connectivity index (χ4v) is 6.29. The average molecular weight is 651 g/mol. The molecule has 0 saturated carbocycles. The first kappa shape index (κ1) is 33.1. The molecule has 0 aliphatic carbocycles. The summed E-state index contributed by atoms with van der Waals surface area (Å²) in [6.45, 7) is 7.62. The number of halogens is 3. The van der Waals surface area contributed by atoms with Crippen LogP contribution in [-0.4, -0.2) is 51.2 Å². The standard InChI is InChI=1S/C34H37F3N6O2S/c1-4-7-26-9-8-23(3)20-30(26)42-18-6-19-46-33(42)40-32(44)38-21-24(5-2)25-10-12-27(13-11-25)31-39-22-43(41-31)28-14-16-29(17-15-28)45-34(35,36)37/h8-17,20,22,24H,4-7,18-19,21H2,1-3H3,(H,38,44)/b40-33-. The Morgan fingerprint density at radius 2 is 1.85 bits per heavy atom. The van der Waals surface area contributed by atoms with Gasteiger partial charge in [0.15, 0.2) is 11.0 Å². The van der Waals surface area contributed by atoms with E-state index in [4.69, 9.17) is 0 Å². The van der Waals surface area contributed by atoms with Crippen LogP contribution >= 0.6 is 11.8 Å². The SMILES string of the molecule is CCCc1ccc(C)cc1N1CCCS/C1=N\C(=O)NCC(CC)c1ccc(-c2ncn(-c3ccc(OC(F)(F)F)cc3)n2)cc1. The van der Waals surface area contributed by atoms with Crippen molar-refractivity contribution in [2.75, 3.05) is 23.7 Å². The molecule has 242 valence electrons. The first-order valence-electron chi connectivity index (χ1n) is 15.4. The summed E-state index contributed by atoms with van der Waals surface area (Å²) in [6.07, 6.45) is 0.628. The highest BCUT2D eigenvalue weighted by atomic mass is 32.2. The van der Waals surface area contributed by atoms with Crippen molar-refractivity contribution in [2.24, 2.45) is 4.99 Å². The Kier molecular flexibility index (Phi) is 10.7. The third-order valence-corrected chi connectivity index (χ3v) is 8.76. The van der Waals surface area contributed by atoms with E-state index < -0.39 is 6.36 Å². The van der Waals surface area contributed by atoms with Crippen molar-refractivity contribution in [2.45, 2.75) is 58.7 Å². The number of carbonyl (C=O) groups excluding carboxylic acids is 1. The van der Waals surface area contributed by atoms with E-state index in [1.165, 1.54) is 46.4 Å². The molecule has 1 saturated heterocycles. The number of aliphatic imine (C=N–C) groups is 1. The molecule has 2 heterocycles. The summed E-state index contributed by atoms with van der Waals surface area (Å²) in [5.41, 5.74) is 6.00. The quantitative estimate of drug-likeness (QED) is 0.186. The molecule has 46 heavy (non-hydrogen) atoms. The van der Waals surface area contributed by atoms with E-state index in [2.05, 4.69) is 69.0 Å². The van der Waals surface area contributed by atoms with Gasteiger partial charge in [-0.15, -0.1) is 18.3 Å². The molecule has 1 unspecified atom stereocenters. The van der Waals surface area contributed by atoms with Gasteiger partial charge in [-0.1, -0.05) is 68.4 Å². The van der Waals surface area contributed by atoms with E-state index in [-0.39, 0.29) is 17.7 Å². The highest BCUT2D eigenvalue weighted by molar-refractivity contribution is 8.14. The second-order valence-electron chi connectivity index (χ2n) is 11.1. The maximum absolute atomic E-state index is 13.0. The summed E-state index contributed by atoms with van der Waals surface area (Å²) in [5.74, 6) is 1.19. The lowest BCUT2D eigenvalue weighted by molar-refractivity contribution is -0.274. The summed E-state index contributed by atoms with van der Waals surface area (Å²) in [4.78, 5) is 24.1. The summed E-state index contributed by atoms with van der Waals surface area (Å²) < 4.78 is 42.8. The minimum Gasteiger partial charge on any atom is -0.406 e. The third kappa shape index (κ3) is 8.48. The van der Waals surface area contributed by atoms with Crippen LogP contribution in [0.1, 0.15) is 55.7 Å². The fourth-order valence-electron chi connectivity index (χ4n) is 5.34. The number of nitrogens with zero attached hydrogens (tertiary/aromatic N) is 5. The normalized spacial score (nSPS) is 15.2. The molecule has 1 N–H and O–H groups in total. The van der Waals surface area contributed by atoms with E-state index in [9.17, 15) is 18.0 Å². The number of hydrogen-bond donors (Lipinski definition) is 1. The molecule has 5 rings (SSSR count). The molecule has 1 aliphatic rings. The van der Waals surface area contributed by atoms with Crippen LogP contribution in [0.3, 0.4) is 0 Å². The number of aryl methyl sites for hydroxylation is 2. The topological polar surface area (TPSA) is 84.6 Å². The van der Waals surface area contributed by atoms with Crippen molar-refractivity contribution in [3.8, 4) is 22.8 Å². The number of nitrogens with one attached hydrogen (secondary N) is 1. The molecule has 1 atom stereocenters. The van der Waals surface area contributed by atoms with E-state index >= 15 is 0 Å². The highest BCUT2D eigenvalue weighted by Crippen LogP contribution is 2.30. The average Bonchev–Trinajstić information content (AvgIpc) is 3.53. The molecule has 2 amide bonds. The first-order chi connectivity index (χ1) is 22.1. The molecule has 0 radical (unpaired) electrons. The number of urea groups is 1. The van der Waals surface area contributed by atoms with Crippen LogP contribution in [0.25, 0.3) is 17.1 Å². The molecule has 8 nitrogen and oxygen atoms in total. The van der Waals surface area contributed by atoms with Crippen molar-refractivity contribution in [1.29, 1.82) is 0 Å². The number of aromatic nitrogens is 3. The lowest BCUT2D eigenvalue weighted by atomic mass is 9.95. The maximum Gasteiger partial charge on any atom is 0.573 e. The van der Waals surface area contributed by atoms with Gasteiger partial charge in [-0.05, 0) is 73.2 Å². The third-order valence-electron chi connectivity index (χ3n) is 7.70. The molecule has 4 aromatic rings. The van der Waals surface area contributed by atoms with Crippen LogP contribution in [0.4, 0.5) is 23.7 Å². The van der Waals surface area contributed by atoms with Crippen LogP contribution in [0.5, 0.6) is 5.75 Å². The smallest absolute Gasteiger partial charge is 0.406 e. The second-order valence-corrected chi connectivity index (χ2v) is 12.2. The Balaban J connectivity index is 1.22. The predicted molar refractivity (Wildman–Crippen MR) is 177 cm³/mol. The van der Waals surface area contributed by atoms with Crippen molar-refractivity contribution in [3.05, 3.63) is 89.7 Å². The molecule has 12 heteroatoms. The van der Waals surface area contributed by atoms with Gasteiger partial charge < -0.3 is 15.0 Å². The Bertz CT molecular complexity index is 1650. The van der Waals surface area contributed by atoms with Gasteiger partial charge in [-0.2, -0.15) is 4.99 Å². The van der Waals surface area contributed by atoms with E-state index in [0.717, 1.165) is 60.0 Å². The largest absolute Gasteiger partial charge is 0.573 e. The number of amidine groups is 1. The predicted octanol–water partition coefficient (Wildman–Crippen LogP) is 8.30. The molecule has 0 bridgehead atoms. The van der Waals surface area contributed by atoms with Crippen LogP contribution < -0.4 is 15.0 Å². The van der Waals surface area contributed by atoms with E-state index in [0.29, 0.717) is 18.1 Å². The van der Waals surface area contributed by atoms with Gasteiger partial charge in [0.25, 0.3) is 0 Å². The van der Waals surface area contributed by atoms with Crippen molar-refractivity contribution in [3.63, 3.8) is 0 Å². The van der Waals surface area contributed by atoms with E-state index in [1.807, 2.05) is 24.3 Å². The lowest BCUT2D eigenvalue weighted by Crippen LogP contribution is -2.37. The minimum absolute atomic E-state index is 0.0872. The number of anilines is 1. The number of alkyl halides is 3. The summed E-state index contributed by atoms with van der Waals surface area (Å²) in [6, 6.07) is 19.4. The highest BCUT2D eigenvalue weighted by Gasteiger charge is 2.31. The number of carbonyl (C=O) groups is 1. The van der Waals surface area contributed by atoms with Gasteiger partial charge in [0.05, 0.1) is 5.69 Å². The maximum atomic E-state index is 13.0. The van der Waals surface area contributed by atoms with Crippen molar-refractivity contribution < 1.29 is 22.7 Å². The summed E-state index contributed by atoms with van der Waals surface area (Å²) in [5, 5.41) is 8.24. The van der Waals surface area contributed by atoms with Crippen LogP contribution in [0.2, 0.25) is 0 Å². The Morgan fingerprint density at radius 1 is 1.09 bits per heavy atom. The van der Waals surface area contributed by atoms with Crippen molar-refractivity contribution in [1.82, 2.24) is 20.1 Å². The molecule has 1 aromatic heterocycles. The molecule has 1 aliphatic heterocycles. The van der Waals surface area contributed by atoms with Gasteiger partial charge in [-0.3, -0.25) is 0 Å². The summed E-state index contributed by atoms with van der Waals surface area (Å²) in [7, 11) is 0. The Hall–Kier alpha value is -4.32. The number of ether oxygens (including phenoxy) is 1. The van der Waals surface area contributed by atoms with Gasteiger partial charge in [0.1, 0.15) is 12.1 Å². The molecule has 0 spiro atoms. The van der Waals surface area contributed by atoms with Crippen molar-refractivity contribution >= 4 is 28.6 Å². The van der Waals surface area contributed by atoms with Crippen LogP contribution in [0.15, 0.2) is 78.0 Å². The molecular weight excluding hydrogens is 613 g/mol. The monoisotopic (exact) mass is 650 g/mol. The zero-order valence-corrected chi connectivity index (χ0v) is 26.9. The Labute approximate surface area is 271 Å². The zero-order valence-electron chi connectivity index (χ0n) is 26.1. The molecular formula is C34H37F3N6O2S. The van der Waals surface area contributed by atoms with E-state index in [1.54, 1.807) is 11.8 Å². The van der Waals surface area contributed by atoms with Gasteiger partial charge in [0.2, 0.25) is 0 Å². The second kappa shape index (κ2) is 14.8. The minimum atomic E-state index is -4.75. The number of rotatable bonds is 10. The van der Waals surface area contributed by atoms with Gasteiger partial charge in [0, 0.05) is 36.0 Å². The molecule has 3 aromatic carbocycles. The lowest BCUT2D eigenvalue weighted by Gasteiger charge is -2.31. The fraction of sp³-hybridized carbons (Fsp3) is 0.353. The summed E-state index contributed by atoms with van der Waals surface area (Å²) >= 11 is 1.62. The molecule has 1 fully saturated rings. The first-order valence-corrected chi connectivity index (χ1v) is 16.4. The number of benzene rings is 3. The van der Waals surface area contributed by atoms with Gasteiger partial charge in [-0.25, -0.2) is 14.5 Å². The number of thioether (sulfide) groups is 1. The Morgan fingerprint density at radius 3 is 2.54 bits per heavy atom. The number of amides is 2. The van der Waals surface area contributed by atoms with Crippen LogP contribution in [-0.2, 0) is 6.42 Å². The number of hydrogen-bond acceptors (Lipinski definition) is 5. The van der Waals surface area contributed by atoms with Gasteiger partial charge >= 0.3 is 12.4 Å².